The first-order valence-corrected chi connectivity index (χ1v) is 14.2. The Kier molecular flexibility index (Phi) is 7.78. The molecule has 3 aromatic rings. The number of likely N-dealkylation sites (tertiary alicyclic amines) is 1. The highest BCUT2D eigenvalue weighted by Gasteiger charge is 2.31. The van der Waals surface area contributed by atoms with Crippen LogP contribution in [0.2, 0.25) is 0 Å². The Labute approximate surface area is 211 Å². The van der Waals surface area contributed by atoms with Gasteiger partial charge in [-0.2, -0.15) is 0 Å². The molecule has 0 saturated carbocycles. The van der Waals surface area contributed by atoms with Crippen LogP contribution in [0.4, 0.5) is 0 Å². The number of rotatable bonds is 8. The van der Waals surface area contributed by atoms with Gasteiger partial charge < -0.3 is 9.30 Å². The first-order chi connectivity index (χ1) is 17.0. The van der Waals surface area contributed by atoms with E-state index in [9.17, 15) is 4.21 Å². The molecule has 6 nitrogen and oxygen atoms in total. The summed E-state index contributed by atoms with van der Waals surface area (Å²) in [5.41, 5.74) is 6.22. The second-order valence-electron chi connectivity index (χ2n) is 9.97. The smallest absolute Gasteiger partial charge is 0.0955 e. The number of imidazole rings is 1. The van der Waals surface area contributed by atoms with Gasteiger partial charge in [-0.1, -0.05) is 42.5 Å². The highest BCUT2D eigenvalue weighted by Crippen LogP contribution is 2.31. The average Bonchev–Trinajstić information content (AvgIpc) is 3.24. The van der Waals surface area contributed by atoms with Crippen LogP contribution >= 0.6 is 0 Å². The lowest BCUT2D eigenvalue weighted by Crippen LogP contribution is -2.51. The van der Waals surface area contributed by atoms with E-state index in [0.717, 1.165) is 56.4 Å². The van der Waals surface area contributed by atoms with Crippen molar-refractivity contribution < 1.29 is 8.95 Å². The third kappa shape index (κ3) is 6.09. The van der Waals surface area contributed by atoms with Crippen molar-refractivity contribution in [1.29, 1.82) is 0 Å². The molecule has 5 rings (SSSR count). The van der Waals surface area contributed by atoms with Gasteiger partial charge in [-0.05, 0) is 54.5 Å². The predicted octanol–water partition coefficient (Wildman–Crippen LogP) is 4.30. The number of hydrogen-bond donors (Lipinski definition) is 1. The van der Waals surface area contributed by atoms with Crippen LogP contribution in [0, 0.1) is 5.92 Å². The maximum atomic E-state index is 11.9. The molecule has 0 bridgehead atoms. The maximum Gasteiger partial charge on any atom is 0.0955 e. The van der Waals surface area contributed by atoms with Gasteiger partial charge in [-0.25, -0.2) is 13.9 Å². The largest absolute Gasteiger partial charge is 0.377 e. The third-order valence-corrected chi connectivity index (χ3v) is 8.02. The van der Waals surface area contributed by atoms with Gasteiger partial charge in [0.15, 0.2) is 0 Å². The van der Waals surface area contributed by atoms with Crippen molar-refractivity contribution in [3.63, 3.8) is 0 Å². The number of fused-ring (bicyclic) bond motifs is 1. The second kappa shape index (κ2) is 11.2. The van der Waals surface area contributed by atoms with Crippen LogP contribution in [0.5, 0.6) is 0 Å². The molecule has 0 spiro atoms. The van der Waals surface area contributed by atoms with Crippen LogP contribution < -0.4 is 4.72 Å². The Hall–Kier alpha value is -2.32. The Balaban J connectivity index is 1.18. The molecule has 186 valence electrons. The number of benzene rings is 2. The van der Waals surface area contributed by atoms with E-state index in [-0.39, 0.29) is 12.1 Å². The SMILES string of the molecule is Cn1cnc2cc(C3=CCC(OCC4CN(Cc5ccccc5)CCC4NS(C)=O)CC3)ccc21. The van der Waals surface area contributed by atoms with E-state index in [1.807, 2.05) is 13.4 Å². The molecular weight excluding hydrogens is 456 g/mol. The summed E-state index contributed by atoms with van der Waals surface area (Å²) in [6, 6.07) is 17.4. The van der Waals surface area contributed by atoms with E-state index < -0.39 is 11.0 Å². The van der Waals surface area contributed by atoms with Gasteiger partial charge in [0.2, 0.25) is 0 Å². The number of ether oxygens (including phenoxy) is 1. The Morgan fingerprint density at radius 1 is 1.17 bits per heavy atom. The molecule has 0 radical (unpaired) electrons. The van der Waals surface area contributed by atoms with Crippen LogP contribution in [-0.4, -0.2) is 56.8 Å². The van der Waals surface area contributed by atoms with Crippen molar-refractivity contribution in [2.24, 2.45) is 13.0 Å². The monoisotopic (exact) mass is 492 g/mol. The number of nitrogens with one attached hydrogen (secondary N) is 1. The first kappa shape index (κ1) is 24.4. The zero-order chi connectivity index (χ0) is 24.2. The fourth-order valence-electron chi connectivity index (χ4n) is 5.45. The molecule has 1 saturated heterocycles. The summed E-state index contributed by atoms with van der Waals surface area (Å²) >= 11 is 0. The van der Waals surface area contributed by atoms with E-state index >= 15 is 0 Å². The van der Waals surface area contributed by atoms with E-state index in [4.69, 9.17) is 4.74 Å². The molecule has 2 aliphatic rings. The average molecular weight is 493 g/mol. The van der Waals surface area contributed by atoms with Crippen molar-refractivity contribution in [3.05, 3.63) is 72.1 Å². The summed E-state index contributed by atoms with van der Waals surface area (Å²) < 4.78 is 23.7. The van der Waals surface area contributed by atoms with Crippen molar-refractivity contribution in [3.8, 4) is 0 Å². The van der Waals surface area contributed by atoms with Gasteiger partial charge in [0, 0.05) is 44.9 Å². The molecule has 7 heteroatoms. The molecule has 1 aromatic heterocycles. The van der Waals surface area contributed by atoms with Gasteiger partial charge in [-0.3, -0.25) is 4.90 Å². The lowest BCUT2D eigenvalue weighted by atomic mass is 9.91. The lowest BCUT2D eigenvalue weighted by Gasteiger charge is -2.39. The molecule has 2 aromatic carbocycles. The van der Waals surface area contributed by atoms with Gasteiger partial charge in [-0.15, -0.1) is 0 Å². The molecule has 1 N–H and O–H groups in total. The molecule has 2 heterocycles. The third-order valence-electron chi connectivity index (χ3n) is 7.39. The van der Waals surface area contributed by atoms with Crippen LogP contribution in [0.25, 0.3) is 16.6 Å². The fraction of sp³-hybridized carbons (Fsp3) is 0.464. The van der Waals surface area contributed by atoms with Gasteiger partial charge in [0.25, 0.3) is 0 Å². The van der Waals surface area contributed by atoms with Crippen LogP contribution in [0.3, 0.4) is 0 Å². The molecular formula is C28H36N4O2S. The molecule has 35 heavy (non-hydrogen) atoms. The van der Waals surface area contributed by atoms with Gasteiger partial charge >= 0.3 is 0 Å². The lowest BCUT2D eigenvalue weighted by molar-refractivity contribution is -0.00323. The van der Waals surface area contributed by atoms with Crippen LogP contribution in [0.15, 0.2) is 60.9 Å². The summed E-state index contributed by atoms with van der Waals surface area (Å²) in [5, 5.41) is 0. The zero-order valence-electron chi connectivity index (χ0n) is 20.7. The predicted molar refractivity (Wildman–Crippen MR) is 143 cm³/mol. The van der Waals surface area contributed by atoms with E-state index in [1.54, 1.807) is 6.26 Å². The summed E-state index contributed by atoms with van der Waals surface area (Å²) in [6.45, 7) is 3.63. The van der Waals surface area contributed by atoms with Crippen LogP contribution in [0.1, 0.15) is 36.8 Å². The molecule has 1 aliphatic heterocycles. The molecule has 1 fully saturated rings. The molecule has 0 amide bonds. The van der Waals surface area contributed by atoms with Crippen molar-refractivity contribution >= 4 is 27.6 Å². The number of piperidine rings is 1. The summed E-state index contributed by atoms with van der Waals surface area (Å²) in [4.78, 5) is 7.02. The van der Waals surface area contributed by atoms with Gasteiger partial charge in [0.05, 0.1) is 41.1 Å². The Morgan fingerprint density at radius 3 is 2.80 bits per heavy atom. The number of hydrogen-bond acceptors (Lipinski definition) is 4. The normalized spacial score (nSPS) is 24.4. The minimum absolute atomic E-state index is 0.229. The topological polar surface area (TPSA) is 59.4 Å². The molecule has 1 aliphatic carbocycles. The minimum atomic E-state index is -1.02. The van der Waals surface area contributed by atoms with Crippen molar-refractivity contribution in [2.75, 3.05) is 26.0 Å². The summed E-state index contributed by atoms with van der Waals surface area (Å²) in [6.07, 6.45) is 10.2. The zero-order valence-corrected chi connectivity index (χ0v) is 21.5. The quantitative estimate of drug-likeness (QED) is 0.509. The van der Waals surface area contributed by atoms with Crippen molar-refractivity contribution in [2.45, 2.75) is 44.4 Å². The van der Waals surface area contributed by atoms with E-state index in [2.05, 4.69) is 73.8 Å². The number of nitrogens with zero attached hydrogens (tertiary/aromatic N) is 3. The molecule has 4 atom stereocenters. The second-order valence-corrected chi connectivity index (χ2v) is 11.1. The Bertz CT molecular complexity index is 1190. The number of aromatic nitrogens is 2. The number of allylic oxidation sites excluding steroid dienone is 1. The highest BCUT2D eigenvalue weighted by molar-refractivity contribution is 7.82. The van der Waals surface area contributed by atoms with E-state index in [0.29, 0.717) is 12.5 Å². The maximum absolute atomic E-state index is 11.9. The first-order valence-electron chi connectivity index (χ1n) is 12.6. The molecule has 4 unspecified atom stereocenters. The van der Waals surface area contributed by atoms with Crippen LogP contribution in [-0.2, 0) is 29.3 Å². The van der Waals surface area contributed by atoms with Crippen molar-refractivity contribution in [1.82, 2.24) is 19.2 Å². The highest BCUT2D eigenvalue weighted by atomic mass is 32.2. The summed E-state index contributed by atoms with van der Waals surface area (Å²) in [7, 11) is 1.01. The minimum Gasteiger partial charge on any atom is -0.377 e. The van der Waals surface area contributed by atoms with E-state index in [1.165, 1.54) is 16.7 Å². The van der Waals surface area contributed by atoms with Gasteiger partial charge in [0.1, 0.15) is 0 Å². The standard InChI is InChI=1S/C28H36N4O2S/c1-31-20-29-27-16-23(10-13-28(27)31)22-8-11-25(12-9-22)34-19-24-18-32(15-14-26(24)30-35(2)33)17-21-6-4-3-5-7-21/h3-8,10,13,16,20,24-26,30H,9,11-12,14-15,17-19H2,1-2H3. The number of aryl methyl sites for hydroxylation is 1. The Morgan fingerprint density at radius 2 is 2.03 bits per heavy atom. The fourth-order valence-corrected chi connectivity index (χ4v) is 6.19. The summed E-state index contributed by atoms with van der Waals surface area (Å²) in [5.74, 6) is 0.327.